The fourth-order valence-electron chi connectivity index (χ4n) is 1.95. The van der Waals surface area contributed by atoms with Gasteiger partial charge in [0.1, 0.15) is 10.5 Å². The number of carbonyl (C=O) groups excluding carboxylic acids is 3. The van der Waals surface area contributed by atoms with Crippen LogP contribution in [0.25, 0.3) is 0 Å². The van der Waals surface area contributed by atoms with Gasteiger partial charge in [-0.25, -0.2) is 4.79 Å². The molecule has 0 saturated carbocycles. The predicted molar refractivity (Wildman–Crippen MR) is 108 cm³/mol. The van der Waals surface area contributed by atoms with Crippen molar-refractivity contribution < 1.29 is 33.7 Å². The number of unbranched alkanes of at least 4 members (excludes halogenated alkanes) is 3. The van der Waals surface area contributed by atoms with Crippen molar-refractivity contribution in [3.8, 4) is 0 Å². The van der Waals surface area contributed by atoms with Gasteiger partial charge >= 0.3 is 17.9 Å². The summed E-state index contributed by atoms with van der Waals surface area (Å²) in [5.74, 6) is -3.01. The lowest BCUT2D eigenvalue weighted by Gasteiger charge is -2.33. The van der Waals surface area contributed by atoms with E-state index < -0.39 is 34.0 Å². The summed E-state index contributed by atoms with van der Waals surface area (Å²) in [5, 5.41) is 7.64. The zero-order valence-electron chi connectivity index (χ0n) is 16.3. The van der Waals surface area contributed by atoms with Crippen molar-refractivity contribution >= 4 is 43.2 Å². The standard InChI is InChI=1S/C18H32O7S2/c1-4-7-10-23-15(19)13(26)18(22,17(21)25-12-9-6-3)14(27)16(20)24-11-8-5-2/h13-14,22,26-27H,4-12H2,1-3H3. The number of aliphatic hydroxyl groups is 1. The summed E-state index contributed by atoms with van der Waals surface area (Å²) in [7, 11) is 0. The Morgan fingerprint density at radius 2 is 1.11 bits per heavy atom. The zero-order chi connectivity index (χ0) is 20.9. The number of rotatable bonds is 14. The van der Waals surface area contributed by atoms with Gasteiger partial charge in [-0.3, -0.25) is 9.59 Å². The summed E-state index contributed by atoms with van der Waals surface area (Å²) in [6.45, 7) is 6.01. The smallest absolute Gasteiger partial charge is 0.341 e. The average Bonchev–Trinajstić information content (AvgIpc) is 2.66. The first-order chi connectivity index (χ1) is 12.8. The molecule has 0 spiro atoms. The Balaban J connectivity index is 5.36. The zero-order valence-corrected chi connectivity index (χ0v) is 18.1. The van der Waals surface area contributed by atoms with E-state index in [1.165, 1.54) is 0 Å². The molecule has 0 saturated heterocycles. The number of hydrogen-bond donors (Lipinski definition) is 3. The maximum absolute atomic E-state index is 12.5. The molecule has 0 heterocycles. The second-order valence-electron chi connectivity index (χ2n) is 6.16. The van der Waals surface area contributed by atoms with E-state index in [1.54, 1.807) is 0 Å². The first kappa shape index (κ1) is 26.1. The van der Waals surface area contributed by atoms with Gasteiger partial charge in [0.15, 0.2) is 0 Å². The Bertz CT molecular complexity index is 443. The van der Waals surface area contributed by atoms with Crippen LogP contribution in [-0.4, -0.2) is 58.9 Å². The van der Waals surface area contributed by atoms with Crippen LogP contribution < -0.4 is 0 Å². The number of thiol groups is 2. The normalized spacial score (nSPS) is 15.3. The topological polar surface area (TPSA) is 99.1 Å². The number of carbonyl (C=O) groups is 3. The highest BCUT2D eigenvalue weighted by Crippen LogP contribution is 2.29. The fraction of sp³-hybridized carbons (Fsp3) is 0.833. The van der Waals surface area contributed by atoms with Gasteiger partial charge in [-0.15, -0.1) is 0 Å². The molecule has 0 aromatic rings. The summed E-state index contributed by atoms with van der Waals surface area (Å²) in [4.78, 5) is 37.0. The van der Waals surface area contributed by atoms with Gasteiger partial charge in [0.25, 0.3) is 0 Å². The van der Waals surface area contributed by atoms with Crippen LogP contribution in [-0.2, 0) is 28.6 Å². The molecule has 0 rings (SSSR count). The lowest BCUT2D eigenvalue weighted by molar-refractivity contribution is -0.175. The molecular formula is C18H32O7S2. The monoisotopic (exact) mass is 424 g/mol. The Hall–Kier alpha value is -0.930. The summed E-state index contributed by atoms with van der Waals surface area (Å²) in [6.07, 6.45) is 4.17. The third-order valence-electron chi connectivity index (χ3n) is 3.82. The van der Waals surface area contributed by atoms with E-state index in [4.69, 9.17) is 14.2 Å². The maximum atomic E-state index is 12.5. The van der Waals surface area contributed by atoms with Crippen molar-refractivity contribution in [2.45, 2.75) is 75.4 Å². The second kappa shape index (κ2) is 14.1. The van der Waals surface area contributed by atoms with Gasteiger partial charge < -0.3 is 19.3 Å². The van der Waals surface area contributed by atoms with Crippen LogP contribution in [0, 0.1) is 0 Å². The highest BCUT2D eigenvalue weighted by atomic mass is 32.1. The van der Waals surface area contributed by atoms with Crippen LogP contribution in [0.1, 0.15) is 59.3 Å². The number of esters is 3. The molecule has 0 aliphatic heterocycles. The molecule has 158 valence electrons. The Kier molecular flexibility index (Phi) is 13.6. The van der Waals surface area contributed by atoms with Gasteiger partial charge in [-0.1, -0.05) is 40.0 Å². The van der Waals surface area contributed by atoms with E-state index in [1.807, 2.05) is 20.8 Å². The van der Waals surface area contributed by atoms with E-state index in [0.717, 1.165) is 19.3 Å². The molecule has 27 heavy (non-hydrogen) atoms. The minimum Gasteiger partial charge on any atom is -0.465 e. The van der Waals surface area contributed by atoms with Crippen LogP contribution in [0.15, 0.2) is 0 Å². The number of ether oxygens (including phenoxy) is 3. The van der Waals surface area contributed by atoms with Crippen LogP contribution in [0.5, 0.6) is 0 Å². The van der Waals surface area contributed by atoms with Gasteiger partial charge in [0.2, 0.25) is 5.60 Å². The highest BCUT2D eigenvalue weighted by Gasteiger charge is 2.56. The van der Waals surface area contributed by atoms with Gasteiger partial charge in [-0.2, -0.15) is 25.3 Å². The summed E-state index contributed by atoms with van der Waals surface area (Å²) in [5.41, 5.74) is -2.62. The predicted octanol–water partition coefficient (Wildman–Crippen LogP) is 2.34. The van der Waals surface area contributed by atoms with Crippen LogP contribution in [0.4, 0.5) is 0 Å². The minimum absolute atomic E-state index is 0.0361. The average molecular weight is 425 g/mol. The van der Waals surface area contributed by atoms with Gasteiger partial charge in [-0.05, 0) is 19.3 Å². The SMILES string of the molecule is CCCCOC(=O)C(S)C(O)(C(=O)OCCCC)C(S)C(=O)OCCCC. The molecule has 2 unspecified atom stereocenters. The van der Waals surface area contributed by atoms with E-state index in [0.29, 0.717) is 19.3 Å². The summed E-state index contributed by atoms with van der Waals surface area (Å²) in [6, 6.07) is 0. The van der Waals surface area contributed by atoms with Crippen molar-refractivity contribution in [3.63, 3.8) is 0 Å². The molecule has 2 atom stereocenters. The first-order valence-electron chi connectivity index (χ1n) is 9.36. The molecule has 0 amide bonds. The van der Waals surface area contributed by atoms with Gasteiger partial charge in [0, 0.05) is 0 Å². The highest BCUT2D eigenvalue weighted by molar-refractivity contribution is 7.83. The summed E-state index contributed by atoms with van der Waals surface area (Å²) < 4.78 is 15.1. The molecule has 0 radical (unpaired) electrons. The van der Waals surface area contributed by atoms with Crippen LogP contribution in [0.2, 0.25) is 0 Å². The maximum Gasteiger partial charge on any atom is 0.341 e. The molecule has 7 nitrogen and oxygen atoms in total. The van der Waals surface area contributed by atoms with Crippen molar-refractivity contribution in [3.05, 3.63) is 0 Å². The van der Waals surface area contributed by atoms with Crippen molar-refractivity contribution in [1.29, 1.82) is 0 Å². The molecule has 1 N–H and O–H groups in total. The lowest BCUT2D eigenvalue weighted by Crippen LogP contribution is -2.60. The molecule has 0 bridgehead atoms. The minimum atomic E-state index is -2.62. The van der Waals surface area contributed by atoms with Crippen molar-refractivity contribution in [1.82, 2.24) is 0 Å². The van der Waals surface area contributed by atoms with E-state index >= 15 is 0 Å². The molecule has 0 aromatic carbocycles. The van der Waals surface area contributed by atoms with E-state index in [-0.39, 0.29) is 19.8 Å². The summed E-state index contributed by atoms with van der Waals surface area (Å²) >= 11 is 8.11. The van der Waals surface area contributed by atoms with Crippen LogP contribution in [0.3, 0.4) is 0 Å². The molecule has 0 aromatic heterocycles. The van der Waals surface area contributed by atoms with E-state index in [9.17, 15) is 19.5 Å². The Labute approximate surface area is 172 Å². The fourth-order valence-corrected chi connectivity index (χ4v) is 2.72. The lowest BCUT2D eigenvalue weighted by atomic mass is 9.94. The Morgan fingerprint density at radius 1 is 0.778 bits per heavy atom. The molecular weight excluding hydrogens is 392 g/mol. The quantitative estimate of drug-likeness (QED) is 0.170. The largest absolute Gasteiger partial charge is 0.465 e. The third-order valence-corrected chi connectivity index (χ3v) is 5.03. The van der Waals surface area contributed by atoms with Crippen LogP contribution >= 0.6 is 25.3 Å². The number of hydrogen-bond acceptors (Lipinski definition) is 9. The molecule has 9 heteroatoms. The van der Waals surface area contributed by atoms with Gasteiger partial charge in [0.05, 0.1) is 19.8 Å². The molecule has 0 fully saturated rings. The molecule has 0 aliphatic rings. The van der Waals surface area contributed by atoms with Crippen molar-refractivity contribution in [2.75, 3.05) is 19.8 Å². The second-order valence-corrected chi connectivity index (χ2v) is 7.19. The third kappa shape index (κ3) is 8.31. The van der Waals surface area contributed by atoms with Crippen molar-refractivity contribution in [2.24, 2.45) is 0 Å². The molecule has 0 aliphatic carbocycles. The Morgan fingerprint density at radius 3 is 1.44 bits per heavy atom. The first-order valence-corrected chi connectivity index (χ1v) is 10.4. The van der Waals surface area contributed by atoms with E-state index in [2.05, 4.69) is 25.3 Å².